The molecule has 1 aromatic heterocycles. The van der Waals surface area contributed by atoms with Gasteiger partial charge in [-0.05, 0) is 61.1 Å². The van der Waals surface area contributed by atoms with Gasteiger partial charge in [-0.3, -0.25) is 23.8 Å². The third-order valence-electron chi connectivity index (χ3n) is 8.98. The molecule has 0 radical (unpaired) electrons. The van der Waals surface area contributed by atoms with Crippen LogP contribution in [0.4, 0.5) is 0 Å². The lowest BCUT2D eigenvalue weighted by Gasteiger charge is -2.33. The molecule has 1 heterocycles. The van der Waals surface area contributed by atoms with Crippen molar-refractivity contribution in [3.63, 3.8) is 0 Å². The molecule has 276 valence electrons. The van der Waals surface area contributed by atoms with E-state index in [1.54, 1.807) is 0 Å². The average molecular weight is 728 g/mol. The molecule has 1 fully saturated rings. The van der Waals surface area contributed by atoms with E-state index in [4.69, 9.17) is 23.0 Å². The SMILES string of the molecule is CCCCC1CC1(C(=O)NCNC(=O)c1ccc(-c2cc(OCC(=O)OC)cc(P(=O)(OC)OC)c2)o1)[C@@H](CC)N(C=O)OCc1ccccc1. The van der Waals surface area contributed by atoms with Crippen LogP contribution in [0.5, 0.6) is 5.75 Å². The Kier molecular flexibility index (Phi) is 14.0. The molecular weight excluding hydrogens is 681 g/mol. The molecule has 0 saturated heterocycles. The lowest BCUT2D eigenvalue weighted by molar-refractivity contribution is -0.203. The zero-order valence-electron chi connectivity index (χ0n) is 29.5. The quantitative estimate of drug-likeness (QED) is 0.0499. The largest absolute Gasteiger partial charge is 0.482 e. The zero-order valence-corrected chi connectivity index (χ0v) is 30.4. The Morgan fingerprint density at radius 1 is 1.04 bits per heavy atom. The summed E-state index contributed by atoms with van der Waals surface area (Å²) in [5, 5.41) is 6.91. The van der Waals surface area contributed by atoms with E-state index in [-0.39, 0.29) is 47.7 Å². The number of carbonyl (C=O) groups is 4. The number of rotatable bonds is 21. The molecule has 2 aromatic carbocycles. The number of unbranched alkanes of at least 4 members (excludes halogenated alkanes) is 1. The van der Waals surface area contributed by atoms with Crippen LogP contribution in [0.25, 0.3) is 11.3 Å². The lowest BCUT2D eigenvalue weighted by Crippen LogP contribution is -2.50. The van der Waals surface area contributed by atoms with Gasteiger partial charge in [-0.25, -0.2) is 9.86 Å². The number of hydrogen-bond acceptors (Lipinski definition) is 11. The summed E-state index contributed by atoms with van der Waals surface area (Å²) < 4.78 is 39.4. The minimum absolute atomic E-state index is 0.0530. The minimum atomic E-state index is -3.74. The standard InChI is InChI=1S/C36H46N3O11P/c1-6-8-14-27-20-36(27,32(7-2)39(24-40)49-21-25-12-10-9-11-13-25)35(43)38-23-37-34(42)31-16-15-30(50-31)26-17-28(48-22-33(41)45-3)19-29(18-26)51(44,46-4)47-5/h9-13,15-19,24,27,32H,6-8,14,20-23H2,1-5H3,(H,37,42)(H,38,43)/t27?,32-,36?/m1/s1. The van der Waals surface area contributed by atoms with Crippen LogP contribution in [0, 0.1) is 11.3 Å². The smallest absolute Gasteiger partial charge is 0.360 e. The van der Waals surface area contributed by atoms with Crippen LogP contribution in [0.15, 0.2) is 65.1 Å². The van der Waals surface area contributed by atoms with Gasteiger partial charge in [0.1, 0.15) is 18.1 Å². The molecule has 3 aromatic rings. The first kappa shape index (κ1) is 39.3. The van der Waals surface area contributed by atoms with Gasteiger partial charge in [-0.1, -0.05) is 57.0 Å². The maximum atomic E-state index is 13.8. The van der Waals surface area contributed by atoms with Crippen LogP contribution in [0.1, 0.15) is 62.1 Å². The Balaban J connectivity index is 1.46. The van der Waals surface area contributed by atoms with Gasteiger partial charge in [0, 0.05) is 19.8 Å². The van der Waals surface area contributed by atoms with Gasteiger partial charge in [0.25, 0.3) is 5.91 Å². The molecule has 3 atom stereocenters. The second-order valence-corrected chi connectivity index (χ2v) is 14.3. The number of furan rings is 1. The Morgan fingerprint density at radius 3 is 2.43 bits per heavy atom. The predicted molar refractivity (Wildman–Crippen MR) is 187 cm³/mol. The fraction of sp³-hybridized carbons (Fsp3) is 0.444. The first-order valence-corrected chi connectivity index (χ1v) is 18.3. The van der Waals surface area contributed by atoms with Crippen molar-refractivity contribution in [3.8, 4) is 17.1 Å². The fourth-order valence-corrected chi connectivity index (χ4v) is 7.36. The number of ether oxygens (including phenoxy) is 2. The molecule has 2 N–H and O–H groups in total. The molecule has 1 aliphatic rings. The number of hydrogen-bond donors (Lipinski definition) is 2. The summed E-state index contributed by atoms with van der Waals surface area (Å²) >= 11 is 0. The Labute approximate surface area is 297 Å². The monoisotopic (exact) mass is 727 g/mol. The van der Waals surface area contributed by atoms with Crippen molar-refractivity contribution in [1.82, 2.24) is 15.7 Å². The molecule has 51 heavy (non-hydrogen) atoms. The summed E-state index contributed by atoms with van der Waals surface area (Å²) in [5.74, 6) is -1.13. The number of esters is 1. The van der Waals surface area contributed by atoms with Crippen molar-refractivity contribution in [2.45, 2.75) is 58.6 Å². The van der Waals surface area contributed by atoms with Crippen LogP contribution < -0.4 is 20.7 Å². The molecule has 15 heteroatoms. The van der Waals surface area contributed by atoms with E-state index in [1.807, 2.05) is 37.3 Å². The highest BCUT2D eigenvalue weighted by Gasteiger charge is 2.64. The third-order valence-corrected chi connectivity index (χ3v) is 10.8. The van der Waals surface area contributed by atoms with Crippen LogP contribution in [-0.4, -0.2) is 69.9 Å². The Hall–Kier alpha value is -4.49. The zero-order chi connectivity index (χ0) is 37.0. The van der Waals surface area contributed by atoms with E-state index in [0.717, 1.165) is 24.8 Å². The fourth-order valence-electron chi connectivity index (χ4n) is 6.21. The first-order chi connectivity index (χ1) is 24.6. The summed E-state index contributed by atoms with van der Waals surface area (Å²) in [6, 6.07) is 16.4. The van der Waals surface area contributed by atoms with Gasteiger partial charge in [0.05, 0.1) is 30.5 Å². The van der Waals surface area contributed by atoms with Gasteiger partial charge >= 0.3 is 13.6 Å². The van der Waals surface area contributed by atoms with Crippen LogP contribution in [0.2, 0.25) is 0 Å². The lowest BCUT2D eigenvalue weighted by atomic mass is 9.88. The number of carbonyl (C=O) groups excluding carboxylic acids is 4. The molecule has 0 bridgehead atoms. The number of nitrogens with one attached hydrogen (secondary N) is 2. The van der Waals surface area contributed by atoms with Crippen molar-refractivity contribution in [1.29, 1.82) is 0 Å². The first-order valence-electron chi connectivity index (χ1n) is 16.7. The van der Waals surface area contributed by atoms with E-state index in [2.05, 4.69) is 22.3 Å². The van der Waals surface area contributed by atoms with Gasteiger partial charge < -0.3 is 33.6 Å². The summed E-state index contributed by atoms with van der Waals surface area (Å²) in [5.41, 5.74) is 0.388. The summed E-state index contributed by atoms with van der Waals surface area (Å²) in [4.78, 5) is 56.8. The summed E-state index contributed by atoms with van der Waals surface area (Å²) in [6.45, 7) is 3.59. The van der Waals surface area contributed by atoms with Crippen LogP contribution >= 0.6 is 7.60 Å². The maximum Gasteiger partial charge on any atom is 0.360 e. The molecular formula is C36H46N3O11P. The second kappa shape index (κ2) is 18.1. The molecule has 1 saturated carbocycles. The second-order valence-electron chi connectivity index (χ2n) is 12.0. The number of benzene rings is 2. The number of amides is 3. The van der Waals surface area contributed by atoms with Crippen molar-refractivity contribution >= 4 is 37.1 Å². The van der Waals surface area contributed by atoms with E-state index in [1.165, 1.54) is 56.7 Å². The number of methoxy groups -OCH3 is 1. The van der Waals surface area contributed by atoms with Crippen molar-refractivity contribution in [3.05, 3.63) is 72.0 Å². The maximum absolute atomic E-state index is 13.8. The highest BCUT2D eigenvalue weighted by atomic mass is 31.2. The highest BCUT2D eigenvalue weighted by molar-refractivity contribution is 7.62. The van der Waals surface area contributed by atoms with E-state index >= 15 is 0 Å². The number of hydroxylamine groups is 2. The molecule has 3 amide bonds. The van der Waals surface area contributed by atoms with Gasteiger partial charge in [-0.2, -0.15) is 0 Å². The van der Waals surface area contributed by atoms with E-state index < -0.39 is 37.5 Å². The van der Waals surface area contributed by atoms with Crippen molar-refractivity contribution < 1.29 is 51.5 Å². The highest BCUT2D eigenvalue weighted by Crippen LogP contribution is 2.59. The third kappa shape index (κ3) is 9.44. The van der Waals surface area contributed by atoms with Crippen LogP contribution in [0.3, 0.4) is 0 Å². The average Bonchev–Trinajstić information content (AvgIpc) is 3.66. The van der Waals surface area contributed by atoms with E-state index in [0.29, 0.717) is 24.8 Å². The van der Waals surface area contributed by atoms with Gasteiger partial charge in [0.15, 0.2) is 12.4 Å². The molecule has 0 aliphatic heterocycles. The predicted octanol–water partition coefficient (Wildman–Crippen LogP) is 4.98. The summed E-state index contributed by atoms with van der Waals surface area (Å²) in [7, 11) is -0.0549. The van der Waals surface area contributed by atoms with Crippen molar-refractivity contribution in [2.24, 2.45) is 11.3 Å². The van der Waals surface area contributed by atoms with E-state index in [9.17, 15) is 23.7 Å². The normalized spacial score (nSPS) is 17.2. The molecule has 0 spiro atoms. The molecule has 4 rings (SSSR count). The topological polar surface area (TPSA) is 172 Å². The van der Waals surface area contributed by atoms with Crippen molar-refractivity contribution in [2.75, 3.05) is 34.6 Å². The summed E-state index contributed by atoms with van der Waals surface area (Å²) in [6.07, 6.45) is 4.45. The van der Waals surface area contributed by atoms with Gasteiger partial charge in [-0.15, -0.1) is 0 Å². The molecule has 14 nitrogen and oxygen atoms in total. The van der Waals surface area contributed by atoms with Crippen LogP contribution in [-0.2, 0) is 44.2 Å². The Bertz CT molecular complexity index is 1690. The van der Waals surface area contributed by atoms with Gasteiger partial charge in [0.2, 0.25) is 12.3 Å². The number of nitrogens with zero attached hydrogens (tertiary/aromatic N) is 1. The molecule has 1 aliphatic carbocycles. The Morgan fingerprint density at radius 2 is 1.78 bits per heavy atom. The molecule has 2 unspecified atom stereocenters. The minimum Gasteiger partial charge on any atom is -0.482 e.